The Hall–Kier alpha value is -4.46. The number of carbonyl (C=O) groups is 2. The third-order valence-electron chi connectivity index (χ3n) is 8.16. The zero-order valence-electron chi connectivity index (χ0n) is 25.5. The average Bonchev–Trinajstić information content (AvgIpc) is 3.48. The molecule has 0 radical (unpaired) electrons. The van der Waals surface area contributed by atoms with Crippen molar-refractivity contribution in [3.63, 3.8) is 0 Å². The van der Waals surface area contributed by atoms with Gasteiger partial charge < -0.3 is 9.80 Å². The van der Waals surface area contributed by atoms with E-state index in [1.54, 1.807) is 0 Å². The van der Waals surface area contributed by atoms with Gasteiger partial charge in [0.05, 0.1) is 35.6 Å². The maximum absolute atomic E-state index is 12.7. The minimum atomic E-state index is 0.126. The first-order valence-electron chi connectivity index (χ1n) is 14.9. The lowest BCUT2D eigenvalue weighted by molar-refractivity contribution is -0.118. The van der Waals surface area contributed by atoms with Crippen molar-refractivity contribution in [1.82, 2.24) is 20.4 Å². The molecule has 1 aliphatic carbocycles. The van der Waals surface area contributed by atoms with Gasteiger partial charge in [-0.05, 0) is 78.9 Å². The van der Waals surface area contributed by atoms with Crippen LogP contribution in [-0.2, 0) is 35.3 Å². The Balaban J connectivity index is 1.11. The highest BCUT2D eigenvalue weighted by atomic mass is 16.1. The summed E-state index contributed by atoms with van der Waals surface area (Å²) in [6, 6.07) is 24.0. The molecule has 2 atom stereocenters. The van der Waals surface area contributed by atoms with Gasteiger partial charge in [0, 0.05) is 64.2 Å². The Morgan fingerprint density at radius 1 is 0.605 bits per heavy atom. The minimum Gasteiger partial charge on any atom is -0.378 e. The molecule has 0 amide bonds. The van der Waals surface area contributed by atoms with E-state index in [0.29, 0.717) is 36.1 Å². The van der Waals surface area contributed by atoms with E-state index in [2.05, 4.69) is 20.4 Å². The molecule has 2 heterocycles. The average molecular weight is 577 g/mol. The van der Waals surface area contributed by atoms with Gasteiger partial charge in [0.15, 0.2) is 0 Å². The number of rotatable bonds is 12. The van der Waals surface area contributed by atoms with Crippen LogP contribution in [0.25, 0.3) is 0 Å². The van der Waals surface area contributed by atoms with Gasteiger partial charge in [-0.25, -0.2) is 0 Å². The van der Waals surface area contributed by atoms with E-state index in [4.69, 9.17) is 0 Å². The largest absolute Gasteiger partial charge is 0.378 e. The van der Waals surface area contributed by atoms with Crippen LogP contribution >= 0.6 is 0 Å². The van der Waals surface area contributed by atoms with E-state index in [0.717, 1.165) is 53.2 Å². The summed E-state index contributed by atoms with van der Waals surface area (Å²) in [4.78, 5) is 29.4. The maximum atomic E-state index is 12.7. The summed E-state index contributed by atoms with van der Waals surface area (Å²) >= 11 is 0. The first-order chi connectivity index (χ1) is 20.7. The van der Waals surface area contributed by atoms with Crippen LogP contribution in [0.5, 0.6) is 0 Å². The molecule has 8 nitrogen and oxygen atoms in total. The topological polar surface area (TPSA) is 92.2 Å². The molecule has 1 fully saturated rings. The summed E-state index contributed by atoms with van der Waals surface area (Å²) in [6.07, 6.45) is 4.27. The van der Waals surface area contributed by atoms with Gasteiger partial charge in [-0.3, -0.25) is 9.59 Å². The maximum Gasteiger partial charge on any atom is 0.143 e. The molecule has 0 N–H and O–H groups in total. The monoisotopic (exact) mass is 576 g/mol. The highest BCUT2D eigenvalue weighted by Gasteiger charge is 2.29. The number of hydrogen-bond acceptors (Lipinski definition) is 8. The summed E-state index contributed by atoms with van der Waals surface area (Å²) in [5.41, 5.74) is 7.51. The lowest BCUT2D eigenvalue weighted by Crippen LogP contribution is -2.12. The Kier molecular flexibility index (Phi) is 9.55. The second-order valence-corrected chi connectivity index (χ2v) is 12.0. The smallest absolute Gasteiger partial charge is 0.143 e. The van der Waals surface area contributed by atoms with Gasteiger partial charge >= 0.3 is 0 Å². The second kappa shape index (κ2) is 13.7. The summed E-state index contributed by atoms with van der Waals surface area (Å²) in [5, 5.41) is 17.8. The third kappa shape index (κ3) is 8.09. The second-order valence-electron chi connectivity index (χ2n) is 12.0. The van der Waals surface area contributed by atoms with Crippen LogP contribution < -0.4 is 9.80 Å². The van der Waals surface area contributed by atoms with Crippen molar-refractivity contribution >= 4 is 22.9 Å². The van der Waals surface area contributed by atoms with E-state index < -0.39 is 0 Å². The van der Waals surface area contributed by atoms with Crippen LogP contribution in [0, 0.1) is 0 Å². The fourth-order valence-corrected chi connectivity index (χ4v) is 5.76. The van der Waals surface area contributed by atoms with Crippen LogP contribution in [0.15, 0.2) is 72.8 Å². The van der Waals surface area contributed by atoms with E-state index in [1.807, 2.05) is 111 Å². The van der Waals surface area contributed by atoms with E-state index >= 15 is 0 Å². The molecule has 2 aromatic heterocycles. The number of hydrogen-bond donors (Lipinski definition) is 0. The molecular formula is C35H40N6O2. The molecule has 2 aromatic carbocycles. The van der Waals surface area contributed by atoms with Crippen LogP contribution in [-0.4, -0.2) is 60.2 Å². The Morgan fingerprint density at radius 3 is 1.42 bits per heavy atom. The number of carbonyl (C=O) groups excluding carboxylic acids is 2. The molecule has 0 saturated heterocycles. The van der Waals surface area contributed by atoms with Crippen molar-refractivity contribution in [3.05, 3.63) is 107 Å². The van der Waals surface area contributed by atoms with Crippen molar-refractivity contribution in [2.75, 3.05) is 38.0 Å². The van der Waals surface area contributed by atoms with E-state index in [9.17, 15) is 9.59 Å². The molecule has 4 aromatic rings. The summed E-state index contributed by atoms with van der Waals surface area (Å²) < 4.78 is 0. The zero-order valence-corrected chi connectivity index (χ0v) is 25.5. The van der Waals surface area contributed by atoms with Crippen molar-refractivity contribution < 1.29 is 9.59 Å². The van der Waals surface area contributed by atoms with Gasteiger partial charge in [0.2, 0.25) is 0 Å². The van der Waals surface area contributed by atoms with Gasteiger partial charge in [-0.2, -0.15) is 20.4 Å². The molecule has 43 heavy (non-hydrogen) atoms. The molecule has 222 valence electrons. The molecule has 0 unspecified atom stereocenters. The number of ketones is 2. The van der Waals surface area contributed by atoms with Crippen molar-refractivity contribution in [2.45, 2.75) is 56.8 Å². The van der Waals surface area contributed by atoms with Crippen LogP contribution in [0.4, 0.5) is 11.4 Å². The standard InChI is InChI=1S/C35H40N6O2/c1-40(2)30-9-5-7-24(17-30)19-32(42)22-28-13-15-34(38-36-28)26-11-12-27(21-26)35-16-14-29(37-39-35)23-33(43)20-25-8-6-10-31(18-25)41(3)4/h5-10,13-18,26-27H,11-12,19-23H2,1-4H3/t26-,27-/m0/s1. The fraction of sp³-hybridized carbons (Fsp3) is 0.371. The third-order valence-corrected chi connectivity index (χ3v) is 8.16. The van der Waals surface area contributed by atoms with Gasteiger partial charge in [0.1, 0.15) is 11.6 Å². The predicted molar refractivity (Wildman–Crippen MR) is 170 cm³/mol. The molecule has 1 aliphatic rings. The summed E-state index contributed by atoms with van der Waals surface area (Å²) in [6.45, 7) is 0. The molecule has 5 rings (SSSR count). The number of benzene rings is 2. The van der Waals surface area contributed by atoms with Crippen LogP contribution in [0.2, 0.25) is 0 Å². The minimum absolute atomic E-state index is 0.126. The number of aromatic nitrogens is 4. The van der Waals surface area contributed by atoms with Gasteiger partial charge in [0.25, 0.3) is 0 Å². The van der Waals surface area contributed by atoms with Crippen LogP contribution in [0.1, 0.15) is 65.0 Å². The highest BCUT2D eigenvalue weighted by Crippen LogP contribution is 2.42. The van der Waals surface area contributed by atoms with Crippen molar-refractivity contribution in [2.24, 2.45) is 0 Å². The first kappa shape index (κ1) is 30.0. The number of nitrogens with zero attached hydrogens (tertiary/aromatic N) is 6. The van der Waals surface area contributed by atoms with Crippen LogP contribution in [0.3, 0.4) is 0 Å². The number of Topliss-reactive ketones (excluding diaryl/α,β-unsaturated/α-hetero) is 2. The predicted octanol–water partition coefficient (Wildman–Crippen LogP) is 5.16. The molecule has 1 saturated carbocycles. The summed E-state index contributed by atoms with van der Waals surface area (Å²) in [5.74, 6) is 0.858. The van der Waals surface area contributed by atoms with Crippen molar-refractivity contribution in [1.29, 1.82) is 0 Å². The van der Waals surface area contributed by atoms with Crippen molar-refractivity contribution in [3.8, 4) is 0 Å². The zero-order chi connectivity index (χ0) is 30.3. The molecule has 0 bridgehead atoms. The lowest BCUT2D eigenvalue weighted by atomic mass is 9.98. The molecule has 8 heteroatoms. The molecule has 0 aliphatic heterocycles. The van der Waals surface area contributed by atoms with E-state index in [1.165, 1.54) is 0 Å². The van der Waals surface area contributed by atoms with Gasteiger partial charge in [-0.15, -0.1) is 0 Å². The Morgan fingerprint density at radius 2 is 1.05 bits per heavy atom. The van der Waals surface area contributed by atoms with Gasteiger partial charge in [-0.1, -0.05) is 24.3 Å². The highest BCUT2D eigenvalue weighted by molar-refractivity contribution is 5.83. The fourth-order valence-electron chi connectivity index (χ4n) is 5.76. The normalized spacial score (nSPS) is 16.2. The SMILES string of the molecule is CN(C)c1cccc(CC(=O)Cc2ccc([C@H]3CC[C@H](c4ccc(CC(=O)Cc5cccc(N(C)C)c5)nn4)C3)nn2)c1. The summed E-state index contributed by atoms with van der Waals surface area (Å²) in [7, 11) is 7.97. The molecule has 0 spiro atoms. The lowest BCUT2D eigenvalue weighted by Gasteiger charge is -2.13. The molecular weight excluding hydrogens is 536 g/mol. The number of anilines is 2. The Labute approximate surface area is 254 Å². The first-order valence-corrected chi connectivity index (χ1v) is 14.9. The Bertz CT molecular complexity index is 1430. The van der Waals surface area contributed by atoms with E-state index in [-0.39, 0.29) is 24.4 Å². The quantitative estimate of drug-likeness (QED) is 0.228.